The van der Waals surface area contributed by atoms with Crippen LogP contribution in [-0.4, -0.2) is 59.3 Å². The summed E-state index contributed by atoms with van der Waals surface area (Å²) in [4.78, 5) is 10.4. The second-order valence-electron chi connectivity index (χ2n) is 5.28. The first-order chi connectivity index (χ1) is 8.93. The normalized spacial score (nSPS) is 14.2. The average molecular weight is 267 g/mol. The van der Waals surface area contributed by atoms with E-state index in [0.717, 1.165) is 13.0 Å². The topological polar surface area (TPSA) is 73.3 Å². The molecule has 0 bridgehead atoms. The van der Waals surface area contributed by atoms with Gasteiger partial charge in [0.1, 0.15) is 5.82 Å². The van der Waals surface area contributed by atoms with Crippen molar-refractivity contribution < 1.29 is 5.11 Å². The lowest BCUT2D eigenvalue weighted by molar-refractivity contribution is 0.0459. The van der Waals surface area contributed by atoms with Crippen LogP contribution in [0.15, 0.2) is 12.3 Å². The van der Waals surface area contributed by atoms with Crippen LogP contribution in [-0.2, 0) is 0 Å². The van der Waals surface area contributed by atoms with E-state index in [-0.39, 0.29) is 0 Å². The second kappa shape index (κ2) is 7.25. The molecule has 0 fully saturated rings. The van der Waals surface area contributed by atoms with Gasteiger partial charge in [-0.25, -0.2) is 4.98 Å². The Kier molecular flexibility index (Phi) is 5.98. The third-order valence-electron chi connectivity index (χ3n) is 2.50. The first-order valence-electron chi connectivity index (χ1n) is 6.61. The Hall–Kier alpha value is -1.40. The quantitative estimate of drug-likeness (QED) is 0.653. The zero-order chi connectivity index (χ0) is 14.3. The van der Waals surface area contributed by atoms with Gasteiger partial charge in [0.2, 0.25) is 5.95 Å². The Labute approximate surface area is 115 Å². The number of anilines is 2. The number of nitrogens with one attached hydrogen (secondary N) is 2. The van der Waals surface area contributed by atoms with Crippen molar-refractivity contribution in [1.29, 1.82) is 0 Å². The molecule has 0 aliphatic rings. The van der Waals surface area contributed by atoms with Gasteiger partial charge in [0, 0.05) is 25.8 Å². The molecule has 0 saturated carbocycles. The van der Waals surface area contributed by atoms with Crippen molar-refractivity contribution in [3.05, 3.63) is 12.3 Å². The maximum absolute atomic E-state index is 10.2. The predicted octanol–water partition coefficient (Wildman–Crippen LogP) is 1.02. The molecule has 0 aliphatic heterocycles. The fourth-order valence-corrected chi connectivity index (χ4v) is 1.80. The van der Waals surface area contributed by atoms with Crippen molar-refractivity contribution in [3.63, 3.8) is 0 Å². The Morgan fingerprint density at radius 1 is 1.37 bits per heavy atom. The van der Waals surface area contributed by atoms with Gasteiger partial charge in [-0.05, 0) is 33.5 Å². The zero-order valence-electron chi connectivity index (χ0n) is 12.3. The van der Waals surface area contributed by atoms with Crippen molar-refractivity contribution in [2.45, 2.75) is 25.9 Å². The van der Waals surface area contributed by atoms with E-state index in [1.165, 1.54) is 0 Å². The van der Waals surface area contributed by atoms with Crippen LogP contribution in [0.5, 0.6) is 0 Å². The van der Waals surface area contributed by atoms with E-state index in [1.54, 1.807) is 19.2 Å². The Morgan fingerprint density at radius 3 is 2.74 bits per heavy atom. The van der Waals surface area contributed by atoms with Gasteiger partial charge < -0.3 is 20.6 Å². The molecule has 19 heavy (non-hydrogen) atoms. The minimum absolute atomic E-state index is 0.440. The molecule has 0 aliphatic carbocycles. The van der Waals surface area contributed by atoms with Crippen molar-refractivity contribution in [1.82, 2.24) is 14.9 Å². The molecule has 1 unspecified atom stereocenters. The lowest BCUT2D eigenvalue weighted by Gasteiger charge is -2.27. The second-order valence-corrected chi connectivity index (χ2v) is 5.28. The fraction of sp³-hybridized carbons (Fsp3) is 0.692. The largest absolute Gasteiger partial charge is 0.387 e. The molecule has 0 spiro atoms. The molecule has 0 aromatic carbocycles. The third-order valence-corrected chi connectivity index (χ3v) is 2.50. The number of hydrogen-bond acceptors (Lipinski definition) is 6. The molecule has 1 aromatic heterocycles. The molecule has 0 radical (unpaired) electrons. The van der Waals surface area contributed by atoms with Crippen molar-refractivity contribution in [2.24, 2.45) is 0 Å². The van der Waals surface area contributed by atoms with E-state index in [2.05, 4.69) is 27.5 Å². The molecule has 108 valence electrons. The van der Waals surface area contributed by atoms with Gasteiger partial charge in [-0.3, -0.25) is 0 Å². The molecule has 1 atom stereocenters. The SMILES string of the molecule is CCCNc1nccc(NCC(C)(O)CN(C)C)n1. The molecule has 0 saturated heterocycles. The summed E-state index contributed by atoms with van der Waals surface area (Å²) in [6.07, 6.45) is 2.73. The summed E-state index contributed by atoms with van der Waals surface area (Å²) in [6.45, 7) is 5.77. The van der Waals surface area contributed by atoms with Crippen LogP contribution >= 0.6 is 0 Å². The third kappa shape index (κ3) is 6.35. The average Bonchev–Trinajstić information content (AvgIpc) is 2.33. The molecule has 1 heterocycles. The number of rotatable bonds is 8. The van der Waals surface area contributed by atoms with Gasteiger partial charge in [0.05, 0.1) is 5.60 Å². The summed E-state index contributed by atoms with van der Waals surface area (Å²) in [7, 11) is 3.87. The van der Waals surface area contributed by atoms with Crippen molar-refractivity contribution in [3.8, 4) is 0 Å². The van der Waals surface area contributed by atoms with Crippen LogP contribution < -0.4 is 10.6 Å². The van der Waals surface area contributed by atoms with E-state index in [4.69, 9.17) is 0 Å². The van der Waals surface area contributed by atoms with Crippen LogP contribution in [0.1, 0.15) is 20.3 Å². The molecule has 0 amide bonds. The van der Waals surface area contributed by atoms with E-state index < -0.39 is 5.60 Å². The number of nitrogens with zero attached hydrogens (tertiary/aromatic N) is 3. The number of aliphatic hydroxyl groups is 1. The first kappa shape index (κ1) is 15.7. The van der Waals surface area contributed by atoms with E-state index in [9.17, 15) is 5.11 Å². The van der Waals surface area contributed by atoms with Crippen molar-refractivity contribution >= 4 is 11.8 Å². The summed E-state index contributed by atoms with van der Waals surface area (Å²) < 4.78 is 0. The lowest BCUT2D eigenvalue weighted by Crippen LogP contribution is -2.43. The lowest BCUT2D eigenvalue weighted by atomic mass is 10.1. The summed E-state index contributed by atoms with van der Waals surface area (Å²) in [5.41, 5.74) is -0.800. The molecular formula is C13H25N5O. The van der Waals surface area contributed by atoms with E-state index in [0.29, 0.717) is 24.9 Å². The van der Waals surface area contributed by atoms with Gasteiger partial charge in [-0.15, -0.1) is 0 Å². The number of aromatic nitrogens is 2. The Balaban J connectivity index is 2.52. The summed E-state index contributed by atoms with van der Waals surface area (Å²) in [6, 6.07) is 1.79. The van der Waals surface area contributed by atoms with E-state index in [1.807, 2.05) is 19.0 Å². The zero-order valence-corrected chi connectivity index (χ0v) is 12.3. The fourth-order valence-electron chi connectivity index (χ4n) is 1.80. The smallest absolute Gasteiger partial charge is 0.224 e. The standard InChI is InChI=1S/C13H25N5O/c1-5-7-14-12-15-8-6-11(17-12)16-9-13(2,19)10-18(3)4/h6,8,19H,5,7,9-10H2,1-4H3,(H2,14,15,16,17). The van der Waals surface area contributed by atoms with Gasteiger partial charge in [0.15, 0.2) is 0 Å². The Morgan fingerprint density at radius 2 is 2.11 bits per heavy atom. The molecule has 3 N–H and O–H groups in total. The maximum atomic E-state index is 10.2. The Bertz CT molecular complexity index is 381. The van der Waals surface area contributed by atoms with Crippen molar-refractivity contribution in [2.75, 3.05) is 44.4 Å². The van der Waals surface area contributed by atoms with Crippen LogP contribution in [0.25, 0.3) is 0 Å². The molecular weight excluding hydrogens is 242 g/mol. The molecule has 6 nitrogen and oxygen atoms in total. The van der Waals surface area contributed by atoms with Gasteiger partial charge in [-0.1, -0.05) is 6.92 Å². The molecule has 6 heteroatoms. The van der Waals surface area contributed by atoms with Gasteiger partial charge >= 0.3 is 0 Å². The molecule has 1 rings (SSSR count). The maximum Gasteiger partial charge on any atom is 0.224 e. The van der Waals surface area contributed by atoms with Gasteiger partial charge in [0.25, 0.3) is 0 Å². The number of hydrogen-bond donors (Lipinski definition) is 3. The number of likely N-dealkylation sites (N-methyl/N-ethyl adjacent to an activating group) is 1. The van der Waals surface area contributed by atoms with Crippen LogP contribution in [0, 0.1) is 0 Å². The highest BCUT2D eigenvalue weighted by molar-refractivity contribution is 5.39. The summed E-state index contributed by atoms with van der Waals surface area (Å²) >= 11 is 0. The van der Waals surface area contributed by atoms with Crippen LogP contribution in [0.4, 0.5) is 11.8 Å². The highest BCUT2D eigenvalue weighted by Gasteiger charge is 2.21. The summed E-state index contributed by atoms with van der Waals surface area (Å²) in [5, 5.41) is 16.5. The van der Waals surface area contributed by atoms with Gasteiger partial charge in [-0.2, -0.15) is 4.98 Å². The minimum atomic E-state index is -0.800. The predicted molar refractivity (Wildman–Crippen MR) is 78.5 cm³/mol. The van der Waals surface area contributed by atoms with Crippen LogP contribution in [0.2, 0.25) is 0 Å². The summed E-state index contributed by atoms with van der Waals surface area (Å²) in [5.74, 6) is 1.33. The monoisotopic (exact) mass is 267 g/mol. The van der Waals surface area contributed by atoms with Crippen LogP contribution in [0.3, 0.4) is 0 Å². The minimum Gasteiger partial charge on any atom is -0.387 e. The molecule has 1 aromatic rings. The van der Waals surface area contributed by atoms with E-state index >= 15 is 0 Å². The highest BCUT2D eigenvalue weighted by Crippen LogP contribution is 2.09. The highest BCUT2D eigenvalue weighted by atomic mass is 16.3. The first-order valence-corrected chi connectivity index (χ1v) is 6.61.